The van der Waals surface area contributed by atoms with Crippen molar-refractivity contribution < 1.29 is 13.5 Å². The largest absolute Gasteiger partial charge is 0.459 e. The van der Waals surface area contributed by atoms with Gasteiger partial charge < -0.3 is 19.4 Å². The molecule has 5 aromatic rings. The van der Waals surface area contributed by atoms with E-state index >= 15 is 0 Å². The first kappa shape index (κ1) is 25.3. The molecule has 0 radical (unpaired) electrons. The van der Waals surface area contributed by atoms with Gasteiger partial charge in [-0.2, -0.15) is 0 Å². The maximum atomic E-state index is 13.7. The molecule has 0 saturated carbocycles. The number of aromatic nitrogens is 1. The lowest BCUT2D eigenvalue weighted by atomic mass is 10.0. The summed E-state index contributed by atoms with van der Waals surface area (Å²) in [7, 11) is 0. The minimum absolute atomic E-state index is 0.253. The minimum atomic E-state index is -0.320. The van der Waals surface area contributed by atoms with Gasteiger partial charge in [0, 0.05) is 21.9 Å². The number of nitrogens with one attached hydrogen (secondary N) is 1. The van der Waals surface area contributed by atoms with E-state index in [1.165, 1.54) is 12.1 Å². The van der Waals surface area contributed by atoms with Gasteiger partial charge in [-0.25, -0.2) is 4.39 Å². The molecule has 8 heteroatoms. The molecule has 3 heterocycles. The fourth-order valence-electron chi connectivity index (χ4n) is 4.74. The van der Waals surface area contributed by atoms with Gasteiger partial charge in [-0.1, -0.05) is 24.3 Å². The van der Waals surface area contributed by atoms with Crippen LogP contribution in [0.2, 0.25) is 0 Å². The molecule has 0 spiro atoms. The van der Waals surface area contributed by atoms with Crippen LogP contribution in [0.5, 0.6) is 11.5 Å². The van der Waals surface area contributed by atoms with Gasteiger partial charge in [0.2, 0.25) is 0 Å². The number of hydrogen-bond donors (Lipinski definition) is 1. The van der Waals surface area contributed by atoms with E-state index in [9.17, 15) is 4.39 Å². The molecule has 1 aliphatic rings. The van der Waals surface area contributed by atoms with Crippen LogP contribution in [0.1, 0.15) is 29.1 Å². The number of ether oxygens (including phenoxy) is 1. The summed E-state index contributed by atoms with van der Waals surface area (Å²) < 4.78 is 26.8. The number of aryl methyl sites for hydroxylation is 1. The Labute approximate surface area is 239 Å². The van der Waals surface area contributed by atoms with E-state index in [0.717, 1.165) is 34.0 Å². The first-order chi connectivity index (χ1) is 19.0. The zero-order valence-electron chi connectivity index (χ0n) is 20.8. The number of para-hydroxylation sites is 1. The van der Waals surface area contributed by atoms with Crippen molar-refractivity contribution in [1.29, 1.82) is 0 Å². The average Bonchev–Trinajstić information content (AvgIpc) is 3.55. The zero-order valence-corrected chi connectivity index (χ0v) is 23.2. The van der Waals surface area contributed by atoms with Gasteiger partial charge in [-0.05, 0) is 113 Å². The molecule has 1 aliphatic heterocycles. The molecule has 0 unspecified atom stereocenters. The second-order valence-corrected chi connectivity index (χ2v) is 10.4. The SMILES string of the molecule is Cc1ccccc1Oc1ccc(N2C(=S)N[C@@H](c3ccccn3)[C@@H]2c2ccc(-c3ccc(F)cc3Br)o2)cc1. The minimum Gasteiger partial charge on any atom is -0.459 e. The quantitative estimate of drug-likeness (QED) is 0.197. The summed E-state index contributed by atoms with van der Waals surface area (Å²) in [6, 6.07) is 29.3. The van der Waals surface area contributed by atoms with Crippen molar-refractivity contribution in [1.82, 2.24) is 10.3 Å². The number of benzene rings is 3. The summed E-state index contributed by atoms with van der Waals surface area (Å²) in [5, 5.41) is 4.00. The molecule has 1 N–H and O–H groups in total. The van der Waals surface area contributed by atoms with Crippen LogP contribution in [0.25, 0.3) is 11.3 Å². The molecule has 1 fully saturated rings. The lowest BCUT2D eigenvalue weighted by molar-refractivity contribution is 0.439. The van der Waals surface area contributed by atoms with Crippen molar-refractivity contribution in [3.63, 3.8) is 0 Å². The van der Waals surface area contributed by atoms with E-state index in [4.69, 9.17) is 21.4 Å². The number of anilines is 1. The number of pyridine rings is 1. The summed E-state index contributed by atoms with van der Waals surface area (Å²) in [5.41, 5.74) is 3.54. The molecule has 0 bridgehead atoms. The molecule has 39 heavy (non-hydrogen) atoms. The van der Waals surface area contributed by atoms with Gasteiger partial charge in [0.25, 0.3) is 0 Å². The van der Waals surface area contributed by atoms with E-state index in [0.29, 0.717) is 21.1 Å². The standard InChI is InChI=1S/C31H23BrFN3O2S/c1-19-6-2-3-8-26(19)37-22-12-10-21(11-13-22)36-30(29(35-31(36)39)25-7-4-5-17-34-25)28-16-15-27(38-28)23-14-9-20(33)18-24(23)32/h2-18,29-30H,1H3,(H,35,39)/t29-,30-/m0/s1. The van der Waals surface area contributed by atoms with Crippen molar-refractivity contribution in [2.45, 2.75) is 19.0 Å². The number of rotatable bonds is 6. The Hall–Kier alpha value is -4.01. The Morgan fingerprint density at radius 2 is 1.77 bits per heavy atom. The maximum absolute atomic E-state index is 13.7. The predicted molar refractivity (Wildman–Crippen MR) is 157 cm³/mol. The highest BCUT2D eigenvalue weighted by Gasteiger charge is 2.42. The van der Waals surface area contributed by atoms with Gasteiger partial charge in [0.15, 0.2) is 5.11 Å². The van der Waals surface area contributed by atoms with Crippen LogP contribution >= 0.6 is 28.1 Å². The number of furan rings is 1. The molecule has 194 valence electrons. The lowest BCUT2D eigenvalue weighted by Gasteiger charge is -2.26. The van der Waals surface area contributed by atoms with Crippen LogP contribution in [0.15, 0.2) is 112 Å². The number of nitrogens with zero attached hydrogens (tertiary/aromatic N) is 2. The molecule has 6 rings (SSSR count). The summed E-state index contributed by atoms with van der Waals surface area (Å²) in [4.78, 5) is 6.63. The summed E-state index contributed by atoms with van der Waals surface area (Å²) >= 11 is 9.28. The Kier molecular flexibility index (Phi) is 6.89. The number of halogens is 2. The second kappa shape index (κ2) is 10.6. The van der Waals surface area contributed by atoms with Gasteiger partial charge in [-0.3, -0.25) is 4.98 Å². The third-order valence-electron chi connectivity index (χ3n) is 6.65. The monoisotopic (exact) mass is 599 g/mol. The molecule has 2 aromatic heterocycles. The van der Waals surface area contributed by atoms with Crippen LogP contribution in [0.4, 0.5) is 10.1 Å². The molecular formula is C31H23BrFN3O2S. The van der Waals surface area contributed by atoms with Crippen molar-refractivity contribution in [3.8, 4) is 22.8 Å². The van der Waals surface area contributed by atoms with Crippen LogP contribution in [-0.2, 0) is 0 Å². The van der Waals surface area contributed by atoms with E-state index < -0.39 is 0 Å². The highest BCUT2D eigenvalue weighted by atomic mass is 79.9. The summed E-state index contributed by atoms with van der Waals surface area (Å²) in [6.07, 6.45) is 1.76. The number of thiocarbonyl (C=S) groups is 1. The smallest absolute Gasteiger partial charge is 0.174 e. The van der Waals surface area contributed by atoms with Gasteiger partial charge >= 0.3 is 0 Å². The Bertz CT molecular complexity index is 1640. The maximum Gasteiger partial charge on any atom is 0.174 e. The number of hydrogen-bond acceptors (Lipinski definition) is 4. The molecule has 1 saturated heterocycles. The van der Waals surface area contributed by atoms with Crippen LogP contribution in [0.3, 0.4) is 0 Å². The third kappa shape index (κ3) is 5.05. The molecule has 2 atom stereocenters. The Balaban J connectivity index is 1.36. The normalized spacial score (nSPS) is 16.8. The summed E-state index contributed by atoms with van der Waals surface area (Å²) in [6.45, 7) is 2.02. The average molecular weight is 601 g/mol. The van der Waals surface area contributed by atoms with Gasteiger partial charge in [0.05, 0.1) is 11.7 Å². The van der Waals surface area contributed by atoms with Crippen molar-refractivity contribution >= 4 is 38.9 Å². The Morgan fingerprint density at radius 1 is 0.974 bits per heavy atom. The van der Waals surface area contributed by atoms with Crippen molar-refractivity contribution in [3.05, 3.63) is 131 Å². The van der Waals surface area contributed by atoms with Crippen molar-refractivity contribution in [2.24, 2.45) is 0 Å². The van der Waals surface area contributed by atoms with Gasteiger partial charge in [0.1, 0.15) is 34.9 Å². The van der Waals surface area contributed by atoms with Crippen LogP contribution < -0.4 is 15.0 Å². The van der Waals surface area contributed by atoms with E-state index in [1.54, 1.807) is 12.3 Å². The van der Waals surface area contributed by atoms with E-state index in [-0.39, 0.29) is 17.9 Å². The first-order valence-corrected chi connectivity index (χ1v) is 13.6. The zero-order chi connectivity index (χ0) is 26.9. The van der Waals surface area contributed by atoms with Gasteiger partial charge in [-0.15, -0.1) is 0 Å². The lowest BCUT2D eigenvalue weighted by Crippen LogP contribution is -2.29. The second-order valence-electron chi connectivity index (χ2n) is 9.18. The highest BCUT2D eigenvalue weighted by molar-refractivity contribution is 9.10. The predicted octanol–water partition coefficient (Wildman–Crippen LogP) is 8.52. The summed E-state index contributed by atoms with van der Waals surface area (Å²) in [5.74, 6) is 2.54. The molecule has 0 aliphatic carbocycles. The Morgan fingerprint density at radius 3 is 2.51 bits per heavy atom. The first-order valence-electron chi connectivity index (χ1n) is 12.4. The fourth-order valence-corrected chi connectivity index (χ4v) is 5.63. The molecular weight excluding hydrogens is 577 g/mol. The van der Waals surface area contributed by atoms with Crippen LogP contribution in [-0.4, -0.2) is 10.1 Å². The topological polar surface area (TPSA) is 50.5 Å². The molecule has 0 amide bonds. The van der Waals surface area contributed by atoms with Crippen LogP contribution in [0, 0.1) is 12.7 Å². The third-order valence-corrected chi connectivity index (χ3v) is 7.62. The van der Waals surface area contributed by atoms with E-state index in [1.807, 2.05) is 90.7 Å². The van der Waals surface area contributed by atoms with Crippen molar-refractivity contribution in [2.75, 3.05) is 4.90 Å². The highest BCUT2D eigenvalue weighted by Crippen LogP contribution is 2.44. The van der Waals surface area contributed by atoms with E-state index in [2.05, 4.69) is 26.2 Å². The fraction of sp³-hybridized carbons (Fsp3) is 0.0968. The molecule has 3 aromatic carbocycles. The molecule has 5 nitrogen and oxygen atoms in total.